The highest BCUT2D eigenvalue weighted by atomic mass is 16.5. The second-order valence-corrected chi connectivity index (χ2v) is 2.69. The van der Waals surface area contributed by atoms with E-state index in [4.69, 9.17) is 15.2 Å². The first-order chi connectivity index (χ1) is 6.77. The number of ether oxygens (including phenoxy) is 2. The number of rotatable bonds is 5. The van der Waals surface area contributed by atoms with Crippen molar-refractivity contribution in [2.75, 3.05) is 32.1 Å². The van der Waals surface area contributed by atoms with Gasteiger partial charge in [-0.05, 0) is 12.1 Å². The Bertz CT molecular complexity index is 291. The van der Waals surface area contributed by atoms with Crippen LogP contribution in [-0.2, 0) is 4.74 Å². The highest BCUT2D eigenvalue weighted by Gasteiger charge is 1.99. The minimum atomic E-state index is 0.399. The molecule has 0 spiro atoms. The average Bonchev–Trinajstić information content (AvgIpc) is 2.21. The number of nitrogens with two attached hydrogens (primary N) is 1. The van der Waals surface area contributed by atoms with Crippen molar-refractivity contribution in [2.45, 2.75) is 0 Å². The number of hydrogen-bond acceptors (Lipinski definition) is 5. The van der Waals surface area contributed by atoms with Crippen LogP contribution in [0.15, 0.2) is 18.2 Å². The molecule has 0 aliphatic carbocycles. The highest BCUT2D eigenvalue weighted by molar-refractivity contribution is 5.67. The Hall–Kier alpha value is -1.46. The molecule has 4 N–H and O–H groups in total. The lowest BCUT2D eigenvalue weighted by molar-refractivity contribution is 0.182. The summed E-state index contributed by atoms with van der Waals surface area (Å²) in [6.45, 7) is 0.399. The highest BCUT2D eigenvalue weighted by Crippen LogP contribution is 2.23. The molecule has 1 aromatic carbocycles. The van der Waals surface area contributed by atoms with Gasteiger partial charge in [-0.3, -0.25) is 0 Å². The molecule has 0 atom stereocenters. The van der Waals surface area contributed by atoms with Gasteiger partial charge in [0.15, 0.2) is 0 Å². The third kappa shape index (κ3) is 2.79. The van der Waals surface area contributed by atoms with Gasteiger partial charge in [0.05, 0.1) is 18.5 Å². The van der Waals surface area contributed by atoms with Crippen LogP contribution in [0.3, 0.4) is 0 Å². The molecule has 0 aromatic heterocycles. The Morgan fingerprint density at radius 1 is 1.36 bits per heavy atom. The van der Waals surface area contributed by atoms with Gasteiger partial charge in [0.1, 0.15) is 12.5 Å². The second kappa shape index (κ2) is 5.31. The molecule has 0 heterocycles. The summed E-state index contributed by atoms with van der Waals surface area (Å²) < 4.78 is 9.88. The molecular weight excluding hydrogens is 182 g/mol. The predicted octanol–water partition coefficient (Wildman–Crippen LogP) is 0.798. The van der Waals surface area contributed by atoms with Crippen molar-refractivity contribution in [3.8, 4) is 5.75 Å². The summed E-state index contributed by atoms with van der Waals surface area (Å²) in [6, 6.07) is 5.38. The number of benzene rings is 1. The van der Waals surface area contributed by atoms with Crippen molar-refractivity contribution < 1.29 is 9.47 Å². The predicted molar refractivity (Wildman–Crippen MR) is 56.0 cm³/mol. The van der Waals surface area contributed by atoms with Gasteiger partial charge in [0, 0.05) is 13.2 Å². The van der Waals surface area contributed by atoms with Gasteiger partial charge < -0.3 is 20.6 Å². The van der Waals surface area contributed by atoms with Crippen molar-refractivity contribution in [3.63, 3.8) is 0 Å². The number of nitrogen functional groups attached to an aromatic ring is 1. The van der Waals surface area contributed by atoms with Crippen LogP contribution in [0.1, 0.15) is 0 Å². The Morgan fingerprint density at radius 2 is 2.14 bits per heavy atom. The van der Waals surface area contributed by atoms with Crippen LogP contribution in [0.2, 0.25) is 0 Å². The van der Waals surface area contributed by atoms with Gasteiger partial charge in [-0.1, -0.05) is 0 Å². The lowest BCUT2D eigenvalue weighted by Gasteiger charge is -2.11. The van der Waals surface area contributed by atoms with Crippen molar-refractivity contribution in [1.82, 2.24) is 5.43 Å². The fourth-order valence-corrected chi connectivity index (χ4v) is 0.974. The molecule has 5 heteroatoms. The molecule has 14 heavy (non-hydrogen) atoms. The quantitative estimate of drug-likeness (QED) is 0.282. The zero-order valence-electron chi connectivity index (χ0n) is 8.33. The van der Waals surface area contributed by atoms with Crippen LogP contribution in [0.5, 0.6) is 5.75 Å². The van der Waals surface area contributed by atoms with Crippen molar-refractivity contribution in [3.05, 3.63) is 18.2 Å². The van der Waals surface area contributed by atoms with E-state index in [1.165, 1.54) is 0 Å². The molecule has 0 unspecified atom stereocenters. The van der Waals surface area contributed by atoms with Crippen LogP contribution in [0, 0.1) is 0 Å². The van der Waals surface area contributed by atoms with Crippen LogP contribution < -0.4 is 21.3 Å². The number of methoxy groups -OCH3 is 2. The van der Waals surface area contributed by atoms with E-state index < -0.39 is 0 Å². The van der Waals surface area contributed by atoms with E-state index in [2.05, 4.69) is 10.9 Å². The van der Waals surface area contributed by atoms with E-state index >= 15 is 0 Å². The normalized spacial score (nSPS) is 9.86. The van der Waals surface area contributed by atoms with Crippen molar-refractivity contribution in [2.24, 2.45) is 0 Å². The largest absolute Gasteiger partial charge is 0.497 e. The van der Waals surface area contributed by atoms with Crippen LogP contribution in [0.25, 0.3) is 0 Å². The lowest BCUT2D eigenvalue weighted by Crippen LogP contribution is -2.24. The monoisotopic (exact) mass is 197 g/mol. The van der Waals surface area contributed by atoms with Gasteiger partial charge in [0.2, 0.25) is 0 Å². The Labute approximate surface area is 83.2 Å². The fourth-order valence-electron chi connectivity index (χ4n) is 0.974. The molecule has 0 bridgehead atoms. The van der Waals surface area contributed by atoms with Crippen LogP contribution in [-0.4, -0.2) is 21.0 Å². The molecule has 0 saturated carbocycles. The molecule has 5 nitrogen and oxygen atoms in total. The fraction of sp³-hybridized carbons (Fsp3) is 0.333. The minimum Gasteiger partial charge on any atom is -0.497 e. The van der Waals surface area contributed by atoms with E-state index in [-0.39, 0.29) is 0 Å². The average molecular weight is 197 g/mol. The molecule has 1 aromatic rings. The first kappa shape index (κ1) is 10.6. The summed E-state index contributed by atoms with van der Waals surface area (Å²) in [7, 11) is 3.21. The number of hydrazine groups is 1. The SMILES string of the molecule is COCNNc1cc(OC)ccc1N. The Kier molecular flexibility index (Phi) is 4.03. The number of anilines is 2. The Balaban J connectivity index is 2.64. The van der Waals surface area contributed by atoms with Gasteiger partial charge >= 0.3 is 0 Å². The summed E-state index contributed by atoms with van der Waals surface area (Å²) in [5.74, 6) is 0.751. The van der Waals surface area contributed by atoms with E-state index in [1.807, 2.05) is 0 Å². The molecule has 0 saturated heterocycles. The zero-order chi connectivity index (χ0) is 10.4. The third-order valence-electron chi connectivity index (χ3n) is 1.70. The Morgan fingerprint density at radius 3 is 2.79 bits per heavy atom. The summed E-state index contributed by atoms with van der Waals surface area (Å²) in [6.07, 6.45) is 0. The minimum absolute atomic E-state index is 0.399. The van der Waals surface area contributed by atoms with Crippen molar-refractivity contribution in [1.29, 1.82) is 0 Å². The number of hydrogen-bond donors (Lipinski definition) is 3. The first-order valence-electron chi connectivity index (χ1n) is 4.19. The summed E-state index contributed by atoms with van der Waals surface area (Å²) in [5.41, 5.74) is 12.9. The second-order valence-electron chi connectivity index (χ2n) is 2.69. The maximum atomic E-state index is 5.73. The molecule has 0 radical (unpaired) electrons. The summed E-state index contributed by atoms with van der Waals surface area (Å²) >= 11 is 0. The molecular formula is C9H15N3O2. The van der Waals surface area contributed by atoms with Gasteiger partial charge in [-0.2, -0.15) is 0 Å². The summed E-state index contributed by atoms with van der Waals surface area (Å²) in [5, 5.41) is 0. The molecule has 0 aliphatic rings. The van der Waals surface area contributed by atoms with E-state index in [0.717, 1.165) is 11.4 Å². The van der Waals surface area contributed by atoms with E-state index in [1.54, 1.807) is 32.4 Å². The van der Waals surface area contributed by atoms with Gasteiger partial charge in [-0.15, -0.1) is 0 Å². The zero-order valence-corrected chi connectivity index (χ0v) is 8.33. The molecule has 0 amide bonds. The maximum absolute atomic E-state index is 5.73. The number of nitrogens with one attached hydrogen (secondary N) is 2. The first-order valence-corrected chi connectivity index (χ1v) is 4.19. The molecule has 0 aliphatic heterocycles. The standard InChI is InChI=1S/C9H15N3O2/c1-13-6-11-12-9-5-7(14-2)3-4-8(9)10/h3-5,11-12H,6,10H2,1-2H3. The van der Waals surface area contributed by atoms with Crippen LogP contribution in [0.4, 0.5) is 11.4 Å². The molecule has 1 rings (SSSR count). The smallest absolute Gasteiger partial charge is 0.121 e. The maximum Gasteiger partial charge on any atom is 0.121 e. The summed E-state index contributed by atoms with van der Waals surface area (Å²) in [4.78, 5) is 0. The lowest BCUT2D eigenvalue weighted by atomic mass is 10.2. The van der Waals surface area contributed by atoms with Gasteiger partial charge in [-0.25, -0.2) is 5.43 Å². The molecule has 0 fully saturated rings. The van der Waals surface area contributed by atoms with E-state index in [9.17, 15) is 0 Å². The third-order valence-corrected chi connectivity index (χ3v) is 1.70. The van der Waals surface area contributed by atoms with Gasteiger partial charge in [0.25, 0.3) is 0 Å². The van der Waals surface area contributed by atoms with Crippen molar-refractivity contribution >= 4 is 11.4 Å². The van der Waals surface area contributed by atoms with E-state index in [0.29, 0.717) is 12.4 Å². The topological polar surface area (TPSA) is 68.5 Å². The molecule has 78 valence electrons. The van der Waals surface area contributed by atoms with Crippen LogP contribution >= 0.6 is 0 Å².